The van der Waals surface area contributed by atoms with Crippen molar-refractivity contribution in [2.24, 2.45) is 0 Å². The van der Waals surface area contributed by atoms with E-state index >= 15 is 0 Å². The highest BCUT2D eigenvalue weighted by Gasteiger charge is 2.15. The first-order chi connectivity index (χ1) is 7.18. The molecule has 16 heavy (non-hydrogen) atoms. The molecule has 1 heterocycles. The van der Waals surface area contributed by atoms with Gasteiger partial charge in [-0.15, -0.1) is 12.4 Å². The van der Waals surface area contributed by atoms with E-state index in [1.54, 1.807) is 0 Å². The molecule has 4 heteroatoms. The molecule has 0 bridgehead atoms. The van der Waals surface area contributed by atoms with Crippen LogP contribution in [0.5, 0.6) is 5.75 Å². The van der Waals surface area contributed by atoms with Crippen LogP contribution in [0.3, 0.4) is 0 Å². The first-order valence-corrected chi connectivity index (χ1v) is 5.42. The van der Waals surface area contributed by atoms with Crippen molar-refractivity contribution in [2.45, 2.75) is 19.9 Å². The van der Waals surface area contributed by atoms with Crippen LogP contribution in [0.15, 0.2) is 12.1 Å². The molecule has 1 aliphatic heterocycles. The van der Waals surface area contributed by atoms with Gasteiger partial charge in [0.1, 0.15) is 5.75 Å². The van der Waals surface area contributed by atoms with Gasteiger partial charge in [0, 0.05) is 25.7 Å². The molecule has 1 aromatic carbocycles. The molecule has 0 spiro atoms. The zero-order valence-corrected chi connectivity index (χ0v) is 10.5. The minimum absolute atomic E-state index is 0. The fraction of sp³-hybridized carbons (Fsp3) is 0.500. The molecule has 0 unspecified atom stereocenters. The van der Waals surface area contributed by atoms with Gasteiger partial charge in [-0.2, -0.15) is 0 Å². The van der Waals surface area contributed by atoms with Gasteiger partial charge in [-0.05, 0) is 30.5 Å². The third-order valence-corrected chi connectivity index (χ3v) is 2.96. The van der Waals surface area contributed by atoms with E-state index in [1.807, 2.05) is 13.8 Å². The molecule has 0 saturated carbocycles. The van der Waals surface area contributed by atoms with E-state index < -0.39 is 0 Å². The summed E-state index contributed by atoms with van der Waals surface area (Å²) in [5.41, 5.74) is 3.17. The van der Waals surface area contributed by atoms with Gasteiger partial charge in [-0.3, -0.25) is 0 Å². The van der Waals surface area contributed by atoms with Gasteiger partial charge in [0.25, 0.3) is 0 Å². The Labute approximate surface area is 103 Å². The number of benzene rings is 1. The lowest BCUT2D eigenvalue weighted by molar-refractivity contribution is 0.428. The van der Waals surface area contributed by atoms with Crippen molar-refractivity contribution < 1.29 is 5.11 Å². The quantitative estimate of drug-likeness (QED) is 0.702. The van der Waals surface area contributed by atoms with Crippen molar-refractivity contribution in [2.75, 3.05) is 19.6 Å². The molecular weight excluding hydrogens is 224 g/mol. The Kier molecular flexibility index (Phi) is 4.59. The van der Waals surface area contributed by atoms with E-state index in [0.29, 0.717) is 11.8 Å². The number of phenols is 1. The topological polar surface area (TPSA) is 44.3 Å². The van der Waals surface area contributed by atoms with Crippen LogP contribution in [0.25, 0.3) is 0 Å². The fourth-order valence-electron chi connectivity index (χ4n) is 2.08. The van der Waals surface area contributed by atoms with E-state index in [4.69, 9.17) is 0 Å². The molecule has 1 saturated heterocycles. The lowest BCUT2D eigenvalue weighted by atomic mass is 9.99. The van der Waals surface area contributed by atoms with Crippen LogP contribution in [-0.2, 0) is 0 Å². The summed E-state index contributed by atoms with van der Waals surface area (Å²) in [6.07, 6.45) is 0. The SMILES string of the molecule is Cc1cc([C@@H]2CNCCN2)cc(C)c1O.Cl. The van der Waals surface area contributed by atoms with Crippen molar-refractivity contribution in [3.63, 3.8) is 0 Å². The van der Waals surface area contributed by atoms with Crippen molar-refractivity contribution in [3.8, 4) is 5.75 Å². The first-order valence-electron chi connectivity index (χ1n) is 5.42. The Morgan fingerprint density at radius 3 is 2.31 bits per heavy atom. The van der Waals surface area contributed by atoms with Crippen molar-refractivity contribution in [1.29, 1.82) is 0 Å². The second kappa shape index (κ2) is 5.53. The van der Waals surface area contributed by atoms with E-state index in [-0.39, 0.29) is 12.4 Å². The summed E-state index contributed by atoms with van der Waals surface area (Å²) in [5, 5.41) is 16.5. The van der Waals surface area contributed by atoms with Gasteiger partial charge in [0.2, 0.25) is 0 Å². The number of nitrogens with one attached hydrogen (secondary N) is 2. The predicted molar refractivity (Wildman–Crippen MR) is 68.4 cm³/mol. The van der Waals surface area contributed by atoms with Crippen LogP contribution in [0.1, 0.15) is 22.7 Å². The molecular formula is C12H19ClN2O. The average Bonchev–Trinajstić information content (AvgIpc) is 2.26. The van der Waals surface area contributed by atoms with Crippen LogP contribution < -0.4 is 10.6 Å². The summed E-state index contributed by atoms with van der Waals surface area (Å²) in [6, 6.07) is 4.50. The third-order valence-electron chi connectivity index (χ3n) is 2.96. The third kappa shape index (κ3) is 2.67. The summed E-state index contributed by atoms with van der Waals surface area (Å²) in [6.45, 7) is 6.89. The number of piperazine rings is 1. The zero-order chi connectivity index (χ0) is 10.8. The Balaban J connectivity index is 0.00000128. The lowest BCUT2D eigenvalue weighted by Gasteiger charge is -2.25. The minimum atomic E-state index is 0. The summed E-state index contributed by atoms with van der Waals surface area (Å²) in [5.74, 6) is 0.419. The number of aryl methyl sites for hydroxylation is 2. The normalized spacial score (nSPS) is 20.2. The van der Waals surface area contributed by atoms with Gasteiger partial charge in [-0.1, -0.05) is 12.1 Å². The standard InChI is InChI=1S/C12H18N2O.ClH/c1-8-5-10(6-9(2)12(8)15)11-7-13-3-4-14-11;/h5-6,11,13-15H,3-4,7H2,1-2H3;1H/t11-;/m0./s1. The van der Waals surface area contributed by atoms with Crippen molar-refractivity contribution >= 4 is 12.4 Å². The van der Waals surface area contributed by atoms with Gasteiger partial charge < -0.3 is 15.7 Å². The van der Waals surface area contributed by atoms with Gasteiger partial charge in [0.15, 0.2) is 0 Å². The average molecular weight is 243 g/mol. The van der Waals surface area contributed by atoms with Crippen LogP contribution in [0, 0.1) is 13.8 Å². The van der Waals surface area contributed by atoms with E-state index in [0.717, 1.165) is 30.8 Å². The second-order valence-corrected chi connectivity index (χ2v) is 4.21. The smallest absolute Gasteiger partial charge is 0.121 e. The zero-order valence-electron chi connectivity index (χ0n) is 9.71. The Hall–Kier alpha value is -0.770. The number of aromatic hydroxyl groups is 1. The Bertz CT molecular complexity index is 339. The highest BCUT2D eigenvalue weighted by Crippen LogP contribution is 2.26. The van der Waals surface area contributed by atoms with Gasteiger partial charge in [-0.25, -0.2) is 0 Å². The molecule has 0 aliphatic carbocycles. The molecule has 3 N–H and O–H groups in total. The maximum Gasteiger partial charge on any atom is 0.121 e. The molecule has 0 radical (unpaired) electrons. The Morgan fingerprint density at radius 1 is 1.19 bits per heavy atom. The Morgan fingerprint density at radius 2 is 1.81 bits per heavy atom. The molecule has 1 fully saturated rings. The summed E-state index contributed by atoms with van der Waals surface area (Å²) in [7, 11) is 0. The lowest BCUT2D eigenvalue weighted by Crippen LogP contribution is -2.42. The van der Waals surface area contributed by atoms with Crippen molar-refractivity contribution in [3.05, 3.63) is 28.8 Å². The fourth-order valence-corrected chi connectivity index (χ4v) is 2.08. The number of hydrogen-bond acceptors (Lipinski definition) is 3. The molecule has 90 valence electrons. The summed E-state index contributed by atoms with van der Waals surface area (Å²) in [4.78, 5) is 0. The summed E-state index contributed by atoms with van der Waals surface area (Å²) >= 11 is 0. The van der Waals surface area contributed by atoms with Crippen molar-refractivity contribution in [1.82, 2.24) is 10.6 Å². The number of rotatable bonds is 1. The van der Waals surface area contributed by atoms with Gasteiger partial charge >= 0.3 is 0 Å². The van der Waals surface area contributed by atoms with Gasteiger partial charge in [0.05, 0.1) is 0 Å². The van der Waals surface area contributed by atoms with E-state index in [2.05, 4.69) is 22.8 Å². The highest BCUT2D eigenvalue weighted by molar-refractivity contribution is 5.85. The number of phenolic OH excluding ortho intramolecular Hbond substituents is 1. The van der Waals surface area contributed by atoms with Crippen LogP contribution in [0.4, 0.5) is 0 Å². The van der Waals surface area contributed by atoms with Crippen LogP contribution in [0.2, 0.25) is 0 Å². The number of hydrogen-bond donors (Lipinski definition) is 3. The highest BCUT2D eigenvalue weighted by atomic mass is 35.5. The molecule has 1 aliphatic rings. The molecule has 1 aromatic rings. The minimum Gasteiger partial charge on any atom is -0.507 e. The monoisotopic (exact) mass is 242 g/mol. The second-order valence-electron chi connectivity index (χ2n) is 4.21. The van der Waals surface area contributed by atoms with Crippen LogP contribution >= 0.6 is 12.4 Å². The molecule has 1 atom stereocenters. The number of halogens is 1. The van der Waals surface area contributed by atoms with E-state index in [9.17, 15) is 5.11 Å². The maximum absolute atomic E-state index is 9.69. The first kappa shape index (κ1) is 13.3. The summed E-state index contributed by atoms with van der Waals surface area (Å²) < 4.78 is 0. The molecule has 3 nitrogen and oxygen atoms in total. The predicted octanol–water partition coefficient (Wildman–Crippen LogP) is 1.66. The largest absolute Gasteiger partial charge is 0.507 e. The van der Waals surface area contributed by atoms with Crippen LogP contribution in [-0.4, -0.2) is 24.7 Å². The maximum atomic E-state index is 9.69. The van der Waals surface area contributed by atoms with E-state index in [1.165, 1.54) is 5.56 Å². The molecule has 0 amide bonds. The molecule has 2 rings (SSSR count). The molecule has 0 aromatic heterocycles.